The van der Waals surface area contributed by atoms with Crippen molar-refractivity contribution >= 4 is 10.9 Å². The van der Waals surface area contributed by atoms with Crippen LogP contribution in [0.2, 0.25) is 0 Å². The van der Waals surface area contributed by atoms with E-state index in [1.165, 1.54) is 18.4 Å². The molecule has 146 valence electrons. The lowest BCUT2D eigenvalue weighted by Gasteiger charge is -2.17. The summed E-state index contributed by atoms with van der Waals surface area (Å²) in [5.41, 5.74) is 10.6. The predicted octanol–water partition coefficient (Wildman–Crippen LogP) is 3.25. The average molecular weight is 378 g/mol. The minimum absolute atomic E-state index is 0.0176. The van der Waals surface area contributed by atoms with Crippen LogP contribution in [-0.2, 0) is 7.05 Å². The molecule has 2 aliphatic rings. The Labute approximate surface area is 163 Å². The van der Waals surface area contributed by atoms with Gasteiger partial charge in [0.25, 0.3) is 5.56 Å². The molecule has 0 amide bonds. The number of rotatable bonds is 5. The number of nitrogens with zero attached hydrogens (tertiary/aromatic N) is 1. The van der Waals surface area contributed by atoms with Crippen LogP contribution < -0.4 is 21.1 Å². The van der Waals surface area contributed by atoms with Gasteiger partial charge in [-0.1, -0.05) is 12.1 Å². The van der Waals surface area contributed by atoms with Crippen LogP contribution in [0.1, 0.15) is 37.8 Å². The van der Waals surface area contributed by atoms with Gasteiger partial charge in [0.2, 0.25) is 0 Å². The molecule has 1 saturated carbocycles. The third kappa shape index (κ3) is 3.12. The first-order valence-corrected chi connectivity index (χ1v) is 10.0. The molecule has 28 heavy (non-hydrogen) atoms. The van der Waals surface area contributed by atoms with Crippen molar-refractivity contribution in [3.8, 4) is 16.9 Å². The summed E-state index contributed by atoms with van der Waals surface area (Å²) >= 11 is 0. The highest BCUT2D eigenvalue weighted by Gasteiger charge is 2.25. The quantitative estimate of drug-likeness (QED) is 0.637. The number of hydrazine groups is 1. The van der Waals surface area contributed by atoms with Gasteiger partial charge in [-0.3, -0.25) is 15.6 Å². The Bertz CT molecular complexity index is 1080. The van der Waals surface area contributed by atoms with Crippen LogP contribution in [0.3, 0.4) is 0 Å². The van der Waals surface area contributed by atoms with Gasteiger partial charge in [0.15, 0.2) is 0 Å². The Balaban J connectivity index is 1.61. The molecule has 2 aromatic heterocycles. The lowest BCUT2D eigenvalue weighted by Crippen LogP contribution is -2.28. The molecule has 1 saturated heterocycles. The summed E-state index contributed by atoms with van der Waals surface area (Å²) in [6.45, 7) is 2.93. The van der Waals surface area contributed by atoms with Crippen molar-refractivity contribution in [3.05, 3.63) is 52.6 Å². The number of H-pyrrole nitrogens is 1. The number of benzene rings is 1. The number of aromatic nitrogens is 2. The minimum Gasteiger partial charge on any atom is -0.493 e. The van der Waals surface area contributed by atoms with E-state index >= 15 is 0 Å². The second-order valence-electron chi connectivity index (χ2n) is 8.21. The van der Waals surface area contributed by atoms with E-state index in [9.17, 15) is 4.79 Å². The molecule has 3 aromatic rings. The average Bonchev–Trinajstić information content (AvgIpc) is 3.20. The highest BCUT2D eigenvalue weighted by Crippen LogP contribution is 2.38. The summed E-state index contributed by atoms with van der Waals surface area (Å²) in [5, 5.41) is 0.932. The molecule has 2 fully saturated rings. The van der Waals surface area contributed by atoms with E-state index in [-0.39, 0.29) is 11.6 Å². The zero-order chi connectivity index (χ0) is 19.3. The summed E-state index contributed by atoms with van der Waals surface area (Å²) in [6.07, 6.45) is 7.29. The van der Waals surface area contributed by atoms with E-state index in [2.05, 4.69) is 41.0 Å². The standard InChI is InChI=1S/C22H26N4O2/c1-13-9-19(25-24-13)15-5-6-16(20(10-15)28-12-14-3-4-14)18-11-26(2)22(27)21-17(18)7-8-23-21/h5-8,10-11,13-14,19,23-25H,3-4,9,12H2,1-2H3. The second kappa shape index (κ2) is 6.79. The lowest BCUT2D eigenvalue weighted by molar-refractivity contribution is 0.300. The van der Waals surface area contributed by atoms with E-state index in [1.807, 2.05) is 18.5 Å². The normalized spacial score (nSPS) is 22.1. The topological polar surface area (TPSA) is 71.1 Å². The van der Waals surface area contributed by atoms with Gasteiger partial charge < -0.3 is 14.3 Å². The molecule has 0 bridgehead atoms. The highest BCUT2D eigenvalue weighted by atomic mass is 16.5. The van der Waals surface area contributed by atoms with E-state index in [0.29, 0.717) is 17.5 Å². The smallest absolute Gasteiger partial charge is 0.274 e. The van der Waals surface area contributed by atoms with E-state index in [1.54, 1.807) is 11.6 Å². The molecule has 1 aliphatic carbocycles. The van der Waals surface area contributed by atoms with Crippen LogP contribution in [0.5, 0.6) is 5.75 Å². The Morgan fingerprint density at radius 2 is 2.04 bits per heavy atom. The molecule has 3 N–H and O–H groups in total. The molecule has 2 atom stereocenters. The largest absolute Gasteiger partial charge is 0.493 e. The third-order valence-electron chi connectivity index (χ3n) is 5.86. The number of ether oxygens (including phenoxy) is 1. The van der Waals surface area contributed by atoms with Crippen molar-refractivity contribution in [2.45, 2.75) is 38.3 Å². The molecule has 1 aliphatic heterocycles. The van der Waals surface area contributed by atoms with Crippen LogP contribution in [0.25, 0.3) is 22.0 Å². The fourth-order valence-electron chi connectivity index (χ4n) is 4.01. The summed E-state index contributed by atoms with van der Waals surface area (Å²) in [6, 6.07) is 9.16. The van der Waals surface area contributed by atoms with Crippen LogP contribution in [0, 0.1) is 5.92 Å². The fraction of sp³-hybridized carbons (Fsp3) is 0.409. The molecule has 0 spiro atoms. The first kappa shape index (κ1) is 17.5. The molecule has 2 unspecified atom stereocenters. The molecule has 1 aromatic carbocycles. The van der Waals surface area contributed by atoms with Crippen molar-refractivity contribution in [3.63, 3.8) is 0 Å². The summed E-state index contributed by atoms with van der Waals surface area (Å²) in [7, 11) is 1.79. The first-order chi connectivity index (χ1) is 13.6. The van der Waals surface area contributed by atoms with Gasteiger partial charge in [0.05, 0.1) is 6.61 Å². The highest BCUT2D eigenvalue weighted by molar-refractivity contribution is 5.95. The van der Waals surface area contributed by atoms with Gasteiger partial charge >= 0.3 is 0 Å². The number of hydrogen-bond donors (Lipinski definition) is 3. The number of nitrogens with one attached hydrogen (secondary N) is 3. The number of aromatic amines is 1. The van der Waals surface area contributed by atoms with Gasteiger partial charge in [-0.25, -0.2) is 0 Å². The Kier molecular flexibility index (Phi) is 4.25. The maximum atomic E-state index is 12.4. The summed E-state index contributed by atoms with van der Waals surface area (Å²) in [5.74, 6) is 1.57. The van der Waals surface area contributed by atoms with Crippen molar-refractivity contribution in [2.24, 2.45) is 13.0 Å². The van der Waals surface area contributed by atoms with Crippen molar-refractivity contribution in [2.75, 3.05) is 6.61 Å². The van der Waals surface area contributed by atoms with Gasteiger partial charge in [-0.15, -0.1) is 0 Å². The zero-order valence-electron chi connectivity index (χ0n) is 16.3. The monoisotopic (exact) mass is 378 g/mol. The number of pyridine rings is 1. The van der Waals surface area contributed by atoms with Gasteiger partial charge in [0.1, 0.15) is 11.3 Å². The van der Waals surface area contributed by atoms with Crippen LogP contribution in [0.4, 0.5) is 0 Å². The predicted molar refractivity (Wildman–Crippen MR) is 110 cm³/mol. The zero-order valence-corrected chi connectivity index (χ0v) is 16.3. The maximum absolute atomic E-state index is 12.4. The van der Waals surface area contributed by atoms with E-state index in [4.69, 9.17) is 4.74 Å². The van der Waals surface area contributed by atoms with Crippen molar-refractivity contribution < 1.29 is 4.74 Å². The third-order valence-corrected chi connectivity index (χ3v) is 5.86. The number of fused-ring (bicyclic) bond motifs is 1. The lowest BCUT2D eigenvalue weighted by atomic mass is 9.97. The molecular weight excluding hydrogens is 352 g/mol. The fourth-order valence-corrected chi connectivity index (χ4v) is 4.01. The summed E-state index contributed by atoms with van der Waals surface area (Å²) in [4.78, 5) is 15.5. The van der Waals surface area contributed by atoms with E-state index < -0.39 is 0 Å². The van der Waals surface area contributed by atoms with Crippen LogP contribution in [-0.4, -0.2) is 22.2 Å². The van der Waals surface area contributed by atoms with Gasteiger partial charge in [-0.2, -0.15) is 0 Å². The number of aryl methyl sites for hydroxylation is 1. The molecule has 3 heterocycles. The van der Waals surface area contributed by atoms with Gasteiger partial charge in [-0.05, 0) is 49.8 Å². The Morgan fingerprint density at radius 3 is 2.79 bits per heavy atom. The van der Waals surface area contributed by atoms with E-state index in [0.717, 1.165) is 35.3 Å². The molecule has 5 rings (SSSR count). The Morgan fingerprint density at radius 1 is 1.18 bits per heavy atom. The second-order valence-corrected chi connectivity index (χ2v) is 8.21. The van der Waals surface area contributed by atoms with Gasteiger partial charge in [0, 0.05) is 48.0 Å². The molecule has 6 nitrogen and oxygen atoms in total. The van der Waals surface area contributed by atoms with Crippen LogP contribution >= 0.6 is 0 Å². The number of hydrogen-bond acceptors (Lipinski definition) is 4. The molecule has 6 heteroatoms. The van der Waals surface area contributed by atoms with Crippen molar-refractivity contribution in [1.29, 1.82) is 0 Å². The van der Waals surface area contributed by atoms with Crippen LogP contribution in [0.15, 0.2) is 41.5 Å². The summed E-state index contributed by atoms with van der Waals surface area (Å²) < 4.78 is 7.93. The maximum Gasteiger partial charge on any atom is 0.274 e. The SMILES string of the molecule is CC1CC(c2ccc(-c3cn(C)c(=O)c4[nH]ccc34)c(OCC3CC3)c2)NN1. The molecular formula is C22H26N4O2. The molecule has 0 radical (unpaired) electrons. The van der Waals surface area contributed by atoms with Crippen molar-refractivity contribution in [1.82, 2.24) is 20.4 Å². The Hall–Kier alpha value is -2.57. The minimum atomic E-state index is -0.0176. The first-order valence-electron chi connectivity index (χ1n) is 10.0.